The minimum atomic E-state index is -0.325. The van der Waals surface area contributed by atoms with Gasteiger partial charge in [0.15, 0.2) is 5.00 Å². The molecule has 1 aromatic heterocycles. The number of anilines is 1. The Morgan fingerprint density at radius 1 is 1.67 bits per heavy atom. The van der Waals surface area contributed by atoms with Crippen molar-refractivity contribution in [3.05, 3.63) is 21.6 Å². The molecule has 0 amide bonds. The number of rotatable bonds is 5. The van der Waals surface area contributed by atoms with E-state index in [1.165, 1.54) is 17.8 Å². The molecule has 0 radical (unpaired) electrons. The molecule has 1 aromatic rings. The quantitative estimate of drug-likeness (QED) is 0.659. The van der Waals surface area contributed by atoms with Gasteiger partial charge in [-0.2, -0.15) is 0 Å². The summed E-state index contributed by atoms with van der Waals surface area (Å²) in [6, 6.07) is 2.15. The molecule has 5 nitrogen and oxygen atoms in total. The van der Waals surface area contributed by atoms with Crippen molar-refractivity contribution in [2.75, 3.05) is 25.0 Å². The Hall–Kier alpha value is -1.14. The molecule has 1 atom stereocenters. The van der Waals surface area contributed by atoms with E-state index in [0.29, 0.717) is 17.0 Å². The molecular weight excluding hydrogens is 250 g/mol. The molecule has 1 N–H and O–H groups in total. The molecule has 0 spiro atoms. The minimum absolute atomic E-state index is 0.193. The molecule has 0 saturated carbocycles. The van der Waals surface area contributed by atoms with Crippen LogP contribution in [-0.4, -0.2) is 35.5 Å². The number of hydrogen-bond donors (Lipinski definition) is 1. The predicted octanol–water partition coefficient (Wildman–Crippen LogP) is 2.80. The summed E-state index contributed by atoms with van der Waals surface area (Å²) in [5, 5.41) is 16.5. The van der Waals surface area contributed by atoms with Crippen molar-refractivity contribution in [3.63, 3.8) is 0 Å². The molecule has 18 heavy (non-hydrogen) atoms. The van der Waals surface area contributed by atoms with Crippen molar-refractivity contribution in [3.8, 4) is 0 Å². The molecule has 0 aromatic carbocycles. The highest BCUT2D eigenvalue weighted by Crippen LogP contribution is 2.31. The number of nitrogens with zero attached hydrogens (tertiary/aromatic N) is 2. The van der Waals surface area contributed by atoms with E-state index in [4.69, 9.17) is 0 Å². The number of nitro groups is 1. The van der Waals surface area contributed by atoms with Gasteiger partial charge in [-0.15, -0.1) is 11.3 Å². The van der Waals surface area contributed by atoms with Crippen LogP contribution in [0, 0.1) is 16.0 Å². The third kappa shape index (κ3) is 3.00. The SMILES string of the molecule is CC(C)N1CC[C@H](CNc2sccc2[N+](=O)[O-])C1. The normalized spacial score (nSPS) is 20.5. The van der Waals surface area contributed by atoms with Gasteiger partial charge in [0, 0.05) is 25.2 Å². The molecular formula is C12H19N3O2S. The van der Waals surface area contributed by atoms with Gasteiger partial charge >= 0.3 is 5.69 Å². The van der Waals surface area contributed by atoms with Crippen LogP contribution in [0.3, 0.4) is 0 Å². The van der Waals surface area contributed by atoms with Gasteiger partial charge in [-0.3, -0.25) is 10.1 Å². The first-order chi connectivity index (χ1) is 8.58. The summed E-state index contributed by atoms with van der Waals surface area (Å²) in [6.07, 6.45) is 1.17. The number of nitrogens with one attached hydrogen (secondary N) is 1. The average molecular weight is 269 g/mol. The van der Waals surface area contributed by atoms with Crippen LogP contribution in [0.4, 0.5) is 10.7 Å². The fourth-order valence-electron chi connectivity index (χ4n) is 2.31. The molecule has 100 valence electrons. The van der Waals surface area contributed by atoms with Crippen molar-refractivity contribution in [1.82, 2.24) is 4.90 Å². The topological polar surface area (TPSA) is 58.4 Å². The molecule has 0 bridgehead atoms. The molecule has 0 aliphatic carbocycles. The van der Waals surface area contributed by atoms with Crippen LogP contribution in [0.1, 0.15) is 20.3 Å². The van der Waals surface area contributed by atoms with Crippen molar-refractivity contribution < 1.29 is 4.92 Å². The Morgan fingerprint density at radius 2 is 2.44 bits per heavy atom. The molecule has 2 rings (SSSR count). The zero-order valence-electron chi connectivity index (χ0n) is 10.8. The first-order valence-corrected chi connectivity index (χ1v) is 7.15. The monoisotopic (exact) mass is 269 g/mol. The zero-order valence-corrected chi connectivity index (χ0v) is 11.6. The van der Waals surface area contributed by atoms with E-state index in [-0.39, 0.29) is 10.6 Å². The van der Waals surface area contributed by atoms with Crippen LogP contribution in [0.25, 0.3) is 0 Å². The fraction of sp³-hybridized carbons (Fsp3) is 0.667. The lowest BCUT2D eigenvalue weighted by atomic mass is 10.1. The number of thiophene rings is 1. The van der Waals surface area contributed by atoms with Crippen LogP contribution in [0.2, 0.25) is 0 Å². The Morgan fingerprint density at radius 3 is 3.06 bits per heavy atom. The summed E-state index contributed by atoms with van der Waals surface area (Å²) < 4.78 is 0. The fourth-order valence-corrected chi connectivity index (χ4v) is 3.08. The van der Waals surface area contributed by atoms with Crippen LogP contribution in [0.5, 0.6) is 0 Å². The lowest BCUT2D eigenvalue weighted by molar-refractivity contribution is -0.383. The smallest absolute Gasteiger partial charge is 0.303 e. The molecule has 2 heterocycles. The van der Waals surface area contributed by atoms with Crippen LogP contribution < -0.4 is 5.32 Å². The second kappa shape index (κ2) is 5.67. The highest BCUT2D eigenvalue weighted by Gasteiger charge is 2.24. The Labute approximate surface area is 111 Å². The summed E-state index contributed by atoms with van der Waals surface area (Å²) in [6.45, 7) is 7.46. The van der Waals surface area contributed by atoms with E-state index >= 15 is 0 Å². The molecule has 1 aliphatic rings. The molecule has 1 saturated heterocycles. The lowest BCUT2D eigenvalue weighted by Crippen LogP contribution is -2.29. The van der Waals surface area contributed by atoms with E-state index in [9.17, 15) is 10.1 Å². The predicted molar refractivity (Wildman–Crippen MR) is 74.3 cm³/mol. The van der Waals surface area contributed by atoms with Gasteiger partial charge in [-0.05, 0) is 38.1 Å². The Kier molecular flexibility index (Phi) is 4.19. The van der Waals surface area contributed by atoms with Gasteiger partial charge in [-0.25, -0.2) is 0 Å². The van der Waals surface area contributed by atoms with E-state index < -0.39 is 0 Å². The van der Waals surface area contributed by atoms with Gasteiger partial charge in [-0.1, -0.05) is 0 Å². The van der Waals surface area contributed by atoms with Gasteiger partial charge in [0.1, 0.15) is 0 Å². The average Bonchev–Trinajstić information content (AvgIpc) is 2.95. The largest absolute Gasteiger partial charge is 0.371 e. The zero-order chi connectivity index (χ0) is 13.1. The first kappa shape index (κ1) is 13.3. The van der Waals surface area contributed by atoms with Gasteiger partial charge in [0.05, 0.1) is 4.92 Å². The number of hydrogen-bond acceptors (Lipinski definition) is 5. The maximum absolute atomic E-state index is 10.8. The third-order valence-corrected chi connectivity index (χ3v) is 4.30. The Bertz CT molecular complexity index is 419. The van der Waals surface area contributed by atoms with Gasteiger partial charge in [0.2, 0.25) is 0 Å². The van der Waals surface area contributed by atoms with Crippen LogP contribution >= 0.6 is 11.3 Å². The highest BCUT2D eigenvalue weighted by molar-refractivity contribution is 7.14. The van der Waals surface area contributed by atoms with E-state index in [0.717, 1.165) is 19.6 Å². The third-order valence-electron chi connectivity index (χ3n) is 3.44. The standard InChI is InChI=1S/C12H19N3O2S/c1-9(2)14-5-3-10(8-14)7-13-12-11(15(16)17)4-6-18-12/h4,6,9-10,13H,3,5,7-8H2,1-2H3/t10-/m1/s1. The van der Waals surface area contributed by atoms with Crippen LogP contribution in [0.15, 0.2) is 11.4 Å². The van der Waals surface area contributed by atoms with E-state index in [1.807, 2.05) is 0 Å². The number of likely N-dealkylation sites (tertiary alicyclic amines) is 1. The van der Waals surface area contributed by atoms with Crippen molar-refractivity contribution in [1.29, 1.82) is 0 Å². The summed E-state index contributed by atoms with van der Waals surface area (Å²) in [7, 11) is 0. The van der Waals surface area contributed by atoms with Crippen LogP contribution in [-0.2, 0) is 0 Å². The van der Waals surface area contributed by atoms with Gasteiger partial charge in [0.25, 0.3) is 0 Å². The van der Waals surface area contributed by atoms with Gasteiger partial charge < -0.3 is 10.2 Å². The Balaban J connectivity index is 1.85. The van der Waals surface area contributed by atoms with Crippen molar-refractivity contribution in [2.45, 2.75) is 26.3 Å². The molecule has 0 unspecified atom stereocenters. The van der Waals surface area contributed by atoms with E-state index in [1.54, 1.807) is 11.4 Å². The molecule has 6 heteroatoms. The summed E-state index contributed by atoms with van der Waals surface area (Å²) in [5.74, 6) is 0.592. The maximum Gasteiger partial charge on any atom is 0.303 e. The molecule has 1 aliphatic heterocycles. The van der Waals surface area contributed by atoms with Crippen molar-refractivity contribution >= 4 is 22.0 Å². The first-order valence-electron chi connectivity index (χ1n) is 6.27. The highest BCUT2D eigenvalue weighted by atomic mass is 32.1. The molecule has 1 fully saturated rings. The summed E-state index contributed by atoms with van der Waals surface area (Å²) in [5.41, 5.74) is 0.193. The summed E-state index contributed by atoms with van der Waals surface area (Å²) in [4.78, 5) is 12.9. The summed E-state index contributed by atoms with van der Waals surface area (Å²) >= 11 is 1.40. The second-order valence-corrected chi connectivity index (χ2v) is 5.93. The minimum Gasteiger partial charge on any atom is -0.371 e. The lowest BCUT2D eigenvalue weighted by Gasteiger charge is -2.20. The van der Waals surface area contributed by atoms with E-state index in [2.05, 4.69) is 24.1 Å². The van der Waals surface area contributed by atoms with Crippen molar-refractivity contribution in [2.24, 2.45) is 5.92 Å². The maximum atomic E-state index is 10.8. The second-order valence-electron chi connectivity index (χ2n) is 5.02.